The van der Waals surface area contributed by atoms with Gasteiger partial charge in [0.25, 0.3) is 5.69 Å². The van der Waals surface area contributed by atoms with E-state index in [0.717, 1.165) is 11.1 Å². The van der Waals surface area contributed by atoms with Crippen molar-refractivity contribution in [1.82, 2.24) is 4.90 Å². The molecule has 2 aromatic rings. The van der Waals surface area contributed by atoms with Crippen LogP contribution in [0.5, 0.6) is 0 Å². The van der Waals surface area contributed by atoms with Crippen LogP contribution in [0.4, 0.5) is 5.69 Å². The second kappa shape index (κ2) is 7.05. The highest BCUT2D eigenvalue weighted by atomic mass is 16.6. The summed E-state index contributed by atoms with van der Waals surface area (Å²) in [6.07, 6.45) is 0.236. The third-order valence-electron chi connectivity index (χ3n) is 3.83. The van der Waals surface area contributed by atoms with Crippen molar-refractivity contribution in [1.29, 1.82) is 0 Å². The Balaban J connectivity index is 2.00. The summed E-state index contributed by atoms with van der Waals surface area (Å²) in [4.78, 5) is 24.2. The maximum atomic E-state index is 12.3. The largest absolute Gasteiger partial charge is 0.341 e. The highest BCUT2D eigenvalue weighted by Crippen LogP contribution is 2.15. The number of hydrogen-bond donors (Lipinski definition) is 0. The molecule has 0 bridgehead atoms. The van der Waals surface area contributed by atoms with Crippen LogP contribution in [0, 0.1) is 24.0 Å². The van der Waals surface area contributed by atoms with Crippen molar-refractivity contribution in [2.45, 2.75) is 26.8 Å². The average molecular weight is 312 g/mol. The van der Waals surface area contributed by atoms with Crippen LogP contribution in [0.2, 0.25) is 0 Å². The van der Waals surface area contributed by atoms with Gasteiger partial charge in [-0.2, -0.15) is 0 Å². The van der Waals surface area contributed by atoms with Crippen LogP contribution in [-0.4, -0.2) is 22.8 Å². The smallest absolute Gasteiger partial charge is 0.269 e. The van der Waals surface area contributed by atoms with Gasteiger partial charge in [-0.3, -0.25) is 14.9 Å². The molecule has 5 nitrogen and oxygen atoms in total. The molecule has 23 heavy (non-hydrogen) atoms. The molecule has 0 heterocycles. The zero-order chi connectivity index (χ0) is 17.0. The van der Waals surface area contributed by atoms with E-state index in [1.165, 1.54) is 23.3 Å². The van der Waals surface area contributed by atoms with Gasteiger partial charge < -0.3 is 4.90 Å². The fourth-order valence-electron chi connectivity index (χ4n) is 2.41. The Hall–Kier alpha value is -2.69. The molecular weight excluding hydrogens is 292 g/mol. The number of non-ortho nitro benzene ring substituents is 1. The summed E-state index contributed by atoms with van der Waals surface area (Å²) in [5.41, 5.74) is 4.29. The lowest BCUT2D eigenvalue weighted by molar-refractivity contribution is -0.384. The van der Waals surface area contributed by atoms with E-state index < -0.39 is 4.92 Å². The molecule has 0 atom stereocenters. The first kappa shape index (κ1) is 16.7. The summed E-state index contributed by atoms with van der Waals surface area (Å²) in [6, 6.07) is 12.3. The van der Waals surface area contributed by atoms with E-state index in [0.29, 0.717) is 6.54 Å². The number of hydrogen-bond acceptors (Lipinski definition) is 3. The molecule has 0 unspecified atom stereocenters. The van der Waals surface area contributed by atoms with Crippen molar-refractivity contribution in [3.8, 4) is 0 Å². The fourth-order valence-corrected chi connectivity index (χ4v) is 2.41. The summed E-state index contributed by atoms with van der Waals surface area (Å²) in [7, 11) is 1.77. The topological polar surface area (TPSA) is 63.5 Å². The highest BCUT2D eigenvalue weighted by Gasteiger charge is 2.12. The third kappa shape index (κ3) is 4.39. The number of carbonyl (C=O) groups is 1. The Bertz CT molecular complexity index is 724. The third-order valence-corrected chi connectivity index (χ3v) is 3.83. The van der Waals surface area contributed by atoms with Gasteiger partial charge in [0.05, 0.1) is 11.3 Å². The second-order valence-corrected chi connectivity index (χ2v) is 5.78. The SMILES string of the molecule is Cc1ccc(CN(C)C(=O)Cc2ccc([N+](=O)[O-])cc2)c(C)c1. The summed E-state index contributed by atoms with van der Waals surface area (Å²) >= 11 is 0. The van der Waals surface area contributed by atoms with Gasteiger partial charge in [-0.25, -0.2) is 0 Å². The van der Waals surface area contributed by atoms with E-state index in [1.54, 1.807) is 24.1 Å². The molecule has 2 rings (SSSR count). The van der Waals surface area contributed by atoms with Crippen LogP contribution in [0.15, 0.2) is 42.5 Å². The molecule has 0 radical (unpaired) electrons. The Morgan fingerprint density at radius 2 is 1.78 bits per heavy atom. The molecule has 1 amide bonds. The first-order valence-electron chi connectivity index (χ1n) is 7.40. The van der Waals surface area contributed by atoms with Crippen molar-refractivity contribution in [3.05, 3.63) is 74.8 Å². The van der Waals surface area contributed by atoms with Crippen LogP contribution in [0.1, 0.15) is 22.3 Å². The fraction of sp³-hybridized carbons (Fsp3) is 0.278. The number of nitro groups is 1. The van der Waals surface area contributed by atoms with E-state index in [9.17, 15) is 14.9 Å². The first-order chi connectivity index (χ1) is 10.9. The lowest BCUT2D eigenvalue weighted by Gasteiger charge is -2.19. The predicted molar refractivity (Wildman–Crippen MR) is 89.2 cm³/mol. The van der Waals surface area contributed by atoms with Crippen molar-refractivity contribution in [2.24, 2.45) is 0 Å². The number of rotatable bonds is 5. The number of nitro benzene ring substituents is 1. The van der Waals surface area contributed by atoms with Gasteiger partial charge in [0.15, 0.2) is 0 Å². The van der Waals surface area contributed by atoms with E-state index in [4.69, 9.17) is 0 Å². The number of nitrogens with zero attached hydrogens (tertiary/aromatic N) is 2. The van der Waals surface area contributed by atoms with E-state index in [2.05, 4.69) is 6.07 Å². The van der Waals surface area contributed by atoms with Gasteiger partial charge in [-0.15, -0.1) is 0 Å². The quantitative estimate of drug-likeness (QED) is 0.628. The molecule has 0 spiro atoms. The Morgan fingerprint density at radius 1 is 1.13 bits per heavy atom. The molecule has 0 fully saturated rings. The minimum Gasteiger partial charge on any atom is -0.341 e. The maximum absolute atomic E-state index is 12.3. The van der Waals surface area contributed by atoms with Crippen LogP contribution in [0.3, 0.4) is 0 Å². The van der Waals surface area contributed by atoms with Gasteiger partial charge in [-0.1, -0.05) is 35.9 Å². The van der Waals surface area contributed by atoms with E-state index in [1.807, 2.05) is 26.0 Å². The highest BCUT2D eigenvalue weighted by molar-refractivity contribution is 5.78. The Labute approximate surface area is 135 Å². The van der Waals surface area contributed by atoms with E-state index in [-0.39, 0.29) is 18.0 Å². The number of aryl methyl sites for hydroxylation is 2. The predicted octanol–water partition coefficient (Wildman–Crippen LogP) is 3.41. The summed E-state index contributed by atoms with van der Waals surface area (Å²) in [5.74, 6) is -0.0150. The molecule has 0 aliphatic heterocycles. The normalized spacial score (nSPS) is 10.4. The van der Waals surface area contributed by atoms with Crippen LogP contribution in [0.25, 0.3) is 0 Å². The zero-order valence-electron chi connectivity index (χ0n) is 13.6. The number of likely N-dealkylation sites (N-methyl/N-ethyl adjacent to an activating group) is 1. The number of benzene rings is 2. The molecule has 5 heteroatoms. The Morgan fingerprint density at radius 3 is 2.35 bits per heavy atom. The summed E-state index contributed by atoms with van der Waals surface area (Å²) in [6.45, 7) is 4.63. The number of amides is 1. The lowest BCUT2D eigenvalue weighted by Crippen LogP contribution is -2.28. The van der Waals surface area contributed by atoms with Crippen molar-refractivity contribution in [2.75, 3.05) is 7.05 Å². The zero-order valence-corrected chi connectivity index (χ0v) is 13.6. The van der Waals surface area contributed by atoms with Crippen molar-refractivity contribution >= 4 is 11.6 Å². The molecule has 0 saturated carbocycles. The molecular formula is C18H20N2O3. The summed E-state index contributed by atoms with van der Waals surface area (Å²) in [5, 5.41) is 10.6. The average Bonchev–Trinajstić information content (AvgIpc) is 2.50. The van der Waals surface area contributed by atoms with Gasteiger partial charge in [0.2, 0.25) is 5.91 Å². The van der Waals surface area contributed by atoms with Crippen LogP contribution in [-0.2, 0) is 17.8 Å². The van der Waals surface area contributed by atoms with Crippen molar-refractivity contribution in [3.63, 3.8) is 0 Å². The molecule has 0 N–H and O–H groups in total. The lowest BCUT2D eigenvalue weighted by atomic mass is 10.0. The molecule has 0 aromatic heterocycles. The Kier molecular flexibility index (Phi) is 5.11. The van der Waals surface area contributed by atoms with Gasteiger partial charge in [-0.05, 0) is 30.5 Å². The summed E-state index contributed by atoms with van der Waals surface area (Å²) < 4.78 is 0. The standard InChI is InChI=1S/C18H20N2O3/c1-13-4-7-16(14(2)10-13)12-19(3)18(21)11-15-5-8-17(9-6-15)20(22)23/h4-10H,11-12H2,1-3H3. The molecule has 0 aliphatic carbocycles. The van der Waals surface area contributed by atoms with Gasteiger partial charge >= 0.3 is 0 Å². The number of carbonyl (C=O) groups excluding carboxylic acids is 1. The van der Waals surface area contributed by atoms with Gasteiger partial charge in [0.1, 0.15) is 0 Å². The maximum Gasteiger partial charge on any atom is 0.269 e. The second-order valence-electron chi connectivity index (χ2n) is 5.78. The van der Waals surface area contributed by atoms with Crippen LogP contribution >= 0.6 is 0 Å². The van der Waals surface area contributed by atoms with E-state index >= 15 is 0 Å². The van der Waals surface area contributed by atoms with Crippen LogP contribution < -0.4 is 0 Å². The first-order valence-corrected chi connectivity index (χ1v) is 7.40. The molecule has 2 aromatic carbocycles. The minimum absolute atomic E-state index is 0.0150. The molecule has 0 saturated heterocycles. The monoisotopic (exact) mass is 312 g/mol. The molecule has 0 aliphatic rings. The minimum atomic E-state index is -0.447. The molecule has 120 valence electrons. The van der Waals surface area contributed by atoms with Gasteiger partial charge in [0, 0.05) is 25.7 Å². The van der Waals surface area contributed by atoms with Crippen molar-refractivity contribution < 1.29 is 9.72 Å².